The molecule has 0 aliphatic heterocycles. The second-order valence-electron chi connectivity index (χ2n) is 4.96. The van der Waals surface area contributed by atoms with Crippen LogP contribution in [-0.2, 0) is 14.6 Å². The number of benzene rings is 1. The molecule has 18 heavy (non-hydrogen) atoms. The normalized spacial score (nSPS) is 12.3. The molecule has 0 bridgehead atoms. The van der Waals surface area contributed by atoms with Crippen LogP contribution in [0.5, 0.6) is 0 Å². The molecular formula is C12H18NO4S+. The van der Waals surface area contributed by atoms with Gasteiger partial charge < -0.3 is 4.74 Å². The second kappa shape index (κ2) is 4.70. The van der Waals surface area contributed by atoms with Gasteiger partial charge in [-0.2, -0.15) is 0 Å². The summed E-state index contributed by atoms with van der Waals surface area (Å²) in [6, 6.07) is 4.57. The molecule has 0 aromatic heterocycles. The van der Waals surface area contributed by atoms with E-state index in [0.717, 1.165) is 6.26 Å². The van der Waals surface area contributed by atoms with E-state index in [1.807, 2.05) is 21.1 Å². The van der Waals surface area contributed by atoms with Crippen molar-refractivity contribution in [2.45, 2.75) is 4.90 Å². The van der Waals surface area contributed by atoms with Crippen LogP contribution in [0, 0.1) is 0 Å². The summed E-state index contributed by atoms with van der Waals surface area (Å²) in [5, 5.41) is 0. The molecule has 100 valence electrons. The smallest absolute Gasteiger partial charge is 0.337 e. The first-order chi connectivity index (χ1) is 8.07. The molecule has 0 N–H and O–H groups in total. The molecular weight excluding hydrogens is 254 g/mol. The van der Waals surface area contributed by atoms with Crippen LogP contribution >= 0.6 is 0 Å². The maximum Gasteiger partial charge on any atom is 0.337 e. The molecule has 0 radical (unpaired) electrons. The van der Waals surface area contributed by atoms with Gasteiger partial charge in [-0.15, -0.1) is 0 Å². The van der Waals surface area contributed by atoms with Gasteiger partial charge in [-0.3, -0.25) is 4.48 Å². The van der Waals surface area contributed by atoms with Gasteiger partial charge in [-0.25, -0.2) is 13.2 Å². The highest BCUT2D eigenvalue weighted by Crippen LogP contribution is 2.28. The van der Waals surface area contributed by atoms with Crippen molar-refractivity contribution in [3.8, 4) is 0 Å². The first-order valence-electron chi connectivity index (χ1n) is 5.32. The minimum Gasteiger partial charge on any atom is -0.465 e. The molecule has 5 nitrogen and oxygen atoms in total. The van der Waals surface area contributed by atoms with Crippen molar-refractivity contribution >= 4 is 21.5 Å². The van der Waals surface area contributed by atoms with Crippen LogP contribution in [0.25, 0.3) is 0 Å². The van der Waals surface area contributed by atoms with Crippen molar-refractivity contribution in [3.63, 3.8) is 0 Å². The molecule has 1 rings (SSSR count). The van der Waals surface area contributed by atoms with Crippen LogP contribution in [0.15, 0.2) is 23.1 Å². The summed E-state index contributed by atoms with van der Waals surface area (Å²) in [7, 11) is 3.44. The van der Waals surface area contributed by atoms with E-state index in [4.69, 9.17) is 0 Å². The van der Waals surface area contributed by atoms with Crippen molar-refractivity contribution in [2.24, 2.45) is 0 Å². The van der Waals surface area contributed by atoms with Gasteiger partial charge in [0.1, 0.15) is 4.90 Å². The summed E-state index contributed by atoms with van der Waals surface area (Å²) in [6.07, 6.45) is 1.13. The predicted octanol–water partition coefficient (Wildman–Crippen LogP) is 1.07. The Hall–Kier alpha value is -1.40. The third-order valence-electron chi connectivity index (χ3n) is 2.50. The van der Waals surface area contributed by atoms with Gasteiger partial charge in [0.05, 0.1) is 33.8 Å². The Morgan fingerprint density at radius 3 is 2.17 bits per heavy atom. The lowest BCUT2D eigenvalue weighted by atomic mass is 10.2. The number of hydrogen-bond acceptors (Lipinski definition) is 4. The van der Waals surface area contributed by atoms with Gasteiger partial charge in [0, 0.05) is 12.3 Å². The highest BCUT2D eigenvalue weighted by Gasteiger charge is 2.25. The van der Waals surface area contributed by atoms with E-state index >= 15 is 0 Å². The monoisotopic (exact) mass is 272 g/mol. The van der Waals surface area contributed by atoms with E-state index in [1.54, 1.807) is 12.1 Å². The number of nitrogens with zero attached hydrogens (tertiary/aromatic N) is 1. The van der Waals surface area contributed by atoms with Crippen LogP contribution in [0.3, 0.4) is 0 Å². The first-order valence-corrected chi connectivity index (χ1v) is 7.21. The Morgan fingerprint density at radius 1 is 1.22 bits per heavy atom. The lowest BCUT2D eigenvalue weighted by Gasteiger charge is -2.25. The standard InChI is InChI=1S/C12H18NO4S/c1-13(2,3)10-7-6-9(12(14)17-4)8-11(10)18(5,15)16/h6-8H,1-5H3/q+1. The number of hydrogen-bond donors (Lipinski definition) is 0. The average Bonchev–Trinajstić information content (AvgIpc) is 2.24. The Morgan fingerprint density at radius 2 is 1.78 bits per heavy atom. The van der Waals surface area contributed by atoms with E-state index in [9.17, 15) is 13.2 Å². The highest BCUT2D eigenvalue weighted by molar-refractivity contribution is 7.90. The lowest BCUT2D eigenvalue weighted by molar-refractivity contribution is 0.0600. The van der Waals surface area contributed by atoms with Gasteiger partial charge in [0.25, 0.3) is 0 Å². The third-order valence-corrected chi connectivity index (χ3v) is 3.63. The van der Waals surface area contributed by atoms with E-state index in [2.05, 4.69) is 4.74 Å². The Labute approximate surface area is 107 Å². The van der Waals surface area contributed by atoms with Crippen LogP contribution in [-0.4, -0.2) is 48.9 Å². The van der Waals surface area contributed by atoms with E-state index in [1.165, 1.54) is 13.2 Å². The largest absolute Gasteiger partial charge is 0.465 e. The minimum atomic E-state index is -3.40. The molecule has 0 spiro atoms. The van der Waals surface area contributed by atoms with E-state index < -0.39 is 15.8 Å². The van der Waals surface area contributed by atoms with Crippen LogP contribution in [0.4, 0.5) is 5.69 Å². The Bertz CT molecular complexity index is 570. The molecule has 6 heteroatoms. The number of methoxy groups -OCH3 is 1. The Kier molecular flexibility index (Phi) is 3.83. The summed E-state index contributed by atoms with van der Waals surface area (Å²) < 4.78 is 28.5. The number of rotatable bonds is 3. The molecule has 0 saturated carbocycles. The quantitative estimate of drug-likeness (QED) is 0.610. The maximum absolute atomic E-state index is 11.8. The van der Waals surface area contributed by atoms with Gasteiger partial charge in [-0.05, 0) is 12.1 Å². The molecule has 0 saturated heterocycles. The fourth-order valence-electron chi connectivity index (χ4n) is 1.61. The SMILES string of the molecule is COC(=O)c1ccc([N+](C)(C)C)c(S(C)(=O)=O)c1. The molecule has 0 aliphatic carbocycles. The summed E-state index contributed by atoms with van der Waals surface area (Å²) in [5.41, 5.74) is 0.861. The van der Waals surface area contributed by atoms with Crippen molar-refractivity contribution in [1.82, 2.24) is 4.48 Å². The van der Waals surface area contributed by atoms with Gasteiger partial charge in [0.2, 0.25) is 0 Å². The molecule has 0 heterocycles. The molecule has 0 amide bonds. The second-order valence-corrected chi connectivity index (χ2v) is 6.94. The van der Waals surface area contributed by atoms with Gasteiger partial charge in [0.15, 0.2) is 15.5 Å². The molecule has 0 atom stereocenters. The fraction of sp³-hybridized carbons (Fsp3) is 0.417. The number of sulfone groups is 1. The zero-order valence-corrected chi connectivity index (χ0v) is 12.0. The molecule has 0 aliphatic rings. The van der Waals surface area contributed by atoms with E-state index in [0.29, 0.717) is 10.2 Å². The first kappa shape index (κ1) is 14.7. The van der Waals surface area contributed by atoms with E-state index in [-0.39, 0.29) is 10.5 Å². The maximum atomic E-state index is 11.8. The topological polar surface area (TPSA) is 60.4 Å². The molecule has 0 unspecified atom stereocenters. The summed E-state index contributed by atoms with van der Waals surface area (Å²) in [4.78, 5) is 11.6. The molecule has 1 aromatic carbocycles. The number of carbonyl (C=O) groups is 1. The number of quaternary nitrogens is 1. The minimum absolute atomic E-state index is 0.151. The predicted molar refractivity (Wildman–Crippen MR) is 70.5 cm³/mol. The van der Waals surface area contributed by atoms with Crippen molar-refractivity contribution in [2.75, 3.05) is 34.5 Å². The fourth-order valence-corrected chi connectivity index (χ4v) is 2.67. The molecule has 1 aromatic rings. The zero-order chi connectivity index (χ0) is 14.1. The number of esters is 1. The third kappa shape index (κ3) is 3.08. The van der Waals surface area contributed by atoms with Crippen molar-refractivity contribution in [3.05, 3.63) is 23.8 Å². The molecule has 0 fully saturated rings. The van der Waals surface area contributed by atoms with Gasteiger partial charge >= 0.3 is 5.97 Å². The Balaban J connectivity index is 3.55. The average molecular weight is 272 g/mol. The van der Waals surface area contributed by atoms with Crippen molar-refractivity contribution in [1.29, 1.82) is 0 Å². The zero-order valence-electron chi connectivity index (χ0n) is 11.2. The summed E-state index contributed by atoms with van der Waals surface area (Å²) >= 11 is 0. The van der Waals surface area contributed by atoms with Gasteiger partial charge in [-0.1, -0.05) is 0 Å². The highest BCUT2D eigenvalue weighted by atomic mass is 32.2. The van der Waals surface area contributed by atoms with Crippen LogP contribution in [0.1, 0.15) is 10.4 Å². The van der Waals surface area contributed by atoms with Crippen LogP contribution < -0.4 is 4.48 Å². The summed E-state index contributed by atoms with van der Waals surface area (Å²) in [6.45, 7) is 0. The van der Waals surface area contributed by atoms with Crippen molar-refractivity contribution < 1.29 is 17.9 Å². The lowest BCUT2D eigenvalue weighted by Crippen LogP contribution is -2.36. The summed E-state index contributed by atoms with van der Waals surface area (Å²) in [5.74, 6) is -0.548. The number of carbonyl (C=O) groups excluding carboxylic acids is 1. The number of ether oxygens (including phenoxy) is 1. The van der Waals surface area contributed by atoms with Crippen LogP contribution in [0.2, 0.25) is 0 Å².